The van der Waals surface area contributed by atoms with Crippen LogP contribution >= 0.6 is 11.3 Å². The van der Waals surface area contributed by atoms with Crippen LogP contribution < -0.4 is 15.6 Å². The lowest BCUT2D eigenvalue weighted by molar-refractivity contribution is -0.118. The highest BCUT2D eigenvalue weighted by Crippen LogP contribution is 2.28. The predicted octanol–water partition coefficient (Wildman–Crippen LogP) is 2.29. The number of anilines is 1. The van der Waals surface area contributed by atoms with Crippen molar-refractivity contribution in [3.05, 3.63) is 50.9 Å². The third-order valence-electron chi connectivity index (χ3n) is 4.20. The summed E-state index contributed by atoms with van der Waals surface area (Å²) in [5.74, 6) is 0.501. The fourth-order valence-electron chi connectivity index (χ4n) is 2.92. The molecule has 4 rings (SSSR count). The summed E-state index contributed by atoms with van der Waals surface area (Å²) in [6.45, 7) is 3.47. The fourth-order valence-corrected chi connectivity index (χ4v) is 3.83. The largest absolute Gasteiger partial charge is 0.482 e. The van der Waals surface area contributed by atoms with Gasteiger partial charge in [0.1, 0.15) is 16.4 Å². The SMILES string of the molecule is Cc1cc2c(=O)n(CC(=O)c3ccc4c(c3)NC(=O)CO4)c(C)nc2s1. The maximum atomic E-state index is 12.7. The average molecular weight is 369 g/mol. The van der Waals surface area contributed by atoms with Gasteiger partial charge in [-0.15, -0.1) is 11.3 Å². The number of ether oxygens (including phenoxy) is 1. The van der Waals surface area contributed by atoms with Crippen LogP contribution in [-0.2, 0) is 11.3 Å². The van der Waals surface area contributed by atoms with Crippen molar-refractivity contribution in [1.82, 2.24) is 9.55 Å². The van der Waals surface area contributed by atoms with Crippen molar-refractivity contribution in [2.24, 2.45) is 0 Å². The third kappa shape index (κ3) is 2.78. The lowest BCUT2D eigenvalue weighted by atomic mass is 10.1. The molecule has 1 aromatic carbocycles. The topological polar surface area (TPSA) is 90.3 Å². The second-order valence-corrected chi connectivity index (χ2v) is 7.33. The van der Waals surface area contributed by atoms with Crippen LogP contribution in [0.3, 0.4) is 0 Å². The first-order valence-corrected chi connectivity index (χ1v) is 8.81. The van der Waals surface area contributed by atoms with Gasteiger partial charge in [-0.05, 0) is 38.1 Å². The van der Waals surface area contributed by atoms with Gasteiger partial charge >= 0.3 is 0 Å². The van der Waals surface area contributed by atoms with Crippen molar-refractivity contribution in [3.63, 3.8) is 0 Å². The van der Waals surface area contributed by atoms with E-state index in [2.05, 4.69) is 10.3 Å². The molecule has 2 aromatic heterocycles. The lowest BCUT2D eigenvalue weighted by Gasteiger charge is -2.18. The minimum atomic E-state index is -0.267. The van der Waals surface area contributed by atoms with Gasteiger partial charge in [-0.3, -0.25) is 19.0 Å². The molecule has 0 fully saturated rings. The monoisotopic (exact) mass is 369 g/mol. The van der Waals surface area contributed by atoms with E-state index in [1.54, 1.807) is 31.2 Å². The molecule has 3 heterocycles. The molecular weight excluding hydrogens is 354 g/mol. The van der Waals surface area contributed by atoms with Crippen LogP contribution in [0.2, 0.25) is 0 Å². The van der Waals surface area contributed by atoms with Gasteiger partial charge in [-0.25, -0.2) is 4.98 Å². The number of carbonyl (C=O) groups excluding carboxylic acids is 2. The highest BCUT2D eigenvalue weighted by Gasteiger charge is 2.19. The van der Waals surface area contributed by atoms with Crippen molar-refractivity contribution in [2.75, 3.05) is 11.9 Å². The van der Waals surface area contributed by atoms with E-state index in [-0.39, 0.29) is 30.4 Å². The summed E-state index contributed by atoms with van der Waals surface area (Å²) in [6.07, 6.45) is 0. The second-order valence-electron chi connectivity index (χ2n) is 6.10. The van der Waals surface area contributed by atoms with E-state index in [1.807, 2.05) is 6.92 Å². The quantitative estimate of drug-likeness (QED) is 0.716. The summed E-state index contributed by atoms with van der Waals surface area (Å²) < 4.78 is 6.67. The summed E-state index contributed by atoms with van der Waals surface area (Å²) in [5, 5.41) is 3.20. The Kier molecular flexibility index (Phi) is 3.84. The number of aryl methyl sites for hydroxylation is 2. The number of hydrogen-bond acceptors (Lipinski definition) is 6. The zero-order valence-electron chi connectivity index (χ0n) is 14.2. The van der Waals surface area contributed by atoms with Crippen LogP contribution in [0.15, 0.2) is 29.1 Å². The van der Waals surface area contributed by atoms with Crippen molar-refractivity contribution in [3.8, 4) is 5.75 Å². The smallest absolute Gasteiger partial charge is 0.262 e. The standard InChI is InChI=1S/C18H15N3O4S/c1-9-5-12-17(26-9)19-10(2)21(18(12)24)7-14(22)11-3-4-15-13(6-11)20-16(23)8-25-15/h3-6H,7-8H2,1-2H3,(H,20,23). The van der Waals surface area contributed by atoms with Gasteiger partial charge in [-0.1, -0.05) is 0 Å². The molecule has 1 N–H and O–H groups in total. The lowest BCUT2D eigenvalue weighted by Crippen LogP contribution is -2.28. The van der Waals surface area contributed by atoms with Gasteiger partial charge < -0.3 is 10.1 Å². The van der Waals surface area contributed by atoms with Crippen LogP contribution in [0, 0.1) is 13.8 Å². The Morgan fingerprint density at radius 1 is 1.31 bits per heavy atom. The summed E-state index contributed by atoms with van der Waals surface area (Å²) in [4.78, 5) is 43.0. The van der Waals surface area contributed by atoms with Crippen molar-refractivity contribution in [2.45, 2.75) is 20.4 Å². The molecule has 0 bridgehead atoms. The van der Waals surface area contributed by atoms with E-state index >= 15 is 0 Å². The van der Waals surface area contributed by atoms with Crippen LogP contribution in [0.4, 0.5) is 5.69 Å². The van der Waals surface area contributed by atoms with E-state index in [0.29, 0.717) is 33.0 Å². The summed E-state index contributed by atoms with van der Waals surface area (Å²) in [5.41, 5.74) is 0.625. The minimum absolute atomic E-state index is 0.0410. The van der Waals surface area contributed by atoms with E-state index in [1.165, 1.54) is 15.9 Å². The summed E-state index contributed by atoms with van der Waals surface area (Å²) in [6, 6.07) is 6.62. The normalized spacial score (nSPS) is 13.2. The zero-order chi connectivity index (χ0) is 18.4. The second kappa shape index (κ2) is 6.06. The van der Waals surface area contributed by atoms with Crippen molar-refractivity contribution >= 4 is 38.9 Å². The van der Waals surface area contributed by atoms with Gasteiger partial charge in [0.15, 0.2) is 12.4 Å². The molecule has 0 saturated heterocycles. The molecule has 26 heavy (non-hydrogen) atoms. The minimum Gasteiger partial charge on any atom is -0.482 e. The van der Waals surface area contributed by atoms with Crippen molar-refractivity contribution < 1.29 is 14.3 Å². The molecule has 3 aromatic rings. The Hall–Kier alpha value is -3.00. The molecule has 0 radical (unpaired) electrons. The highest BCUT2D eigenvalue weighted by atomic mass is 32.1. The van der Waals surface area contributed by atoms with E-state index in [4.69, 9.17) is 4.74 Å². The first-order chi connectivity index (χ1) is 12.4. The number of amides is 1. The predicted molar refractivity (Wildman–Crippen MR) is 98.3 cm³/mol. The number of Topliss-reactive ketones (excluding diaryl/α,β-unsaturated/α-hetero) is 1. The number of nitrogens with one attached hydrogen (secondary N) is 1. The number of carbonyl (C=O) groups is 2. The van der Waals surface area contributed by atoms with Gasteiger partial charge in [0.2, 0.25) is 0 Å². The highest BCUT2D eigenvalue weighted by molar-refractivity contribution is 7.18. The number of ketones is 1. The number of thiophene rings is 1. The molecule has 1 aliphatic heterocycles. The first-order valence-electron chi connectivity index (χ1n) is 8.00. The first kappa shape index (κ1) is 16.5. The number of benzene rings is 1. The van der Waals surface area contributed by atoms with Gasteiger partial charge in [-0.2, -0.15) is 0 Å². The van der Waals surface area contributed by atoms with E-state index < -0.39 is 0 Å². The maximum absolute atomic E-state index is 12.7. The van der Waals surface area contributed by atoms with Gasteiger partial charge in [0.05, 0.1) is 17.6 Å². The van der Waals surface area contributed by atoms with Crippen LogP contribution in [-0.4, -0.2) is 27.8 Å². The number of aromatic nitrogens is 2. The molecule has 7 nitrogen and oxygen atoms in total. The van der Waals surface area contributed by atoms with Crippen LogP contribution in [0.25, 0.3) is 10.2 Å². The zero-order valence-corrected chi connectivity index (χ0v) is 15.0. The Labute approximate surface area is 152 Å². The number of nitrogens with zero attached hydrogens (tertiary/aromatic N) is 2. The molecule has 1 amide bonds. The summed E-state index contributed by atoms with van der Waals surface area (Å²) in [7, 11) is 0. The number of hydrogen-bond donors (Lipinski definition) is 1. The fraction of sp³-hybridized carbons (Fsp3) is 0.222. The van der Waals surface area contributed by atoms with E-state index in [0.717, 1.165) is 4.88 Å². The number of rotatable bonds is 3. The Bertz CT molecular complexity index is 1130. The van der Waals surface area contributed by atoms with E-state index in [9.17, 15) is 14.4 Å². The molecular formula is C18H15N3O4S. The third-order valence-corrected chi connectivity index (χ3v) is 5.15. The summed E-state index contributed by atoms with van der Waals surface area (Å²) >= 11 is 1.46. The Morgan fingerprint density at radius 2 is 2.12 bits per heavy atom. The number of fused-ring (bicyclic) bond motifs is 2. The van der Waals surface area contributed by atoms with Crippen LogP contribution in [0.1, 0.15) is 21.1 Å². The molecule has 0 spiro atoms. The maximum Gasteiger partial charge on any atom is 0.262 e. The van der Waals surface area contributed by atoms with Gasteiger partial charge in [0, 0.05) is 10.4 Å². The molecule has 8 heteroatoms. The Balaban J connectivity index is 1.69. The molecule has 0 saturated carbocycles. The molecule has 132 valence electrons. The van der Waals surface area contributed by atoms with Crippen LogP contribution in [0.5, 0.6) is 5.75 Å². The Morgan fingerprint density at radius 3 is 2.92 bits per heavy atom. The molecule has 0 atom stereocenters. The molecule has 1 aliphatic rings. The molecule has 0 unspecified atom stereocenters. The average Bonchev–Trinajstić information content (AvgIpc) is 2.98. The molecule has 0 aliphatic carbocycles. The van der Waals surface area contributed by atoms with Crippen molar-refractivity contribution in [1.29, 1.82) is 0 Å². The van der Waals surface area contributed by atoms with Gasteiger partial charge in [0.25, 0.3) is 11.5 Å².